The highest BCUT2D eigenvalue weighted by Gasteiger charge is 2.86. The molecule has 176 valence electrons. The van der Waals surface area contributed by atoms with E-state index in [4.69, 9.17) is 14.2 Å². The van der Waals surface area contributed by atoms with Gasteiger partial charge in [0.2, 0.25) is 0 Å². The lowest BCUT2D eigenvalue weighted by atomic mass is 9.43. The molecule has 6 fully saturated rings. The van der Waals surface area contributed by atoms with Crippen LogP contribution in [0.5, 0.6) is 0 Å². The van der Waals surface area contributed by atoms with Crippen molar-refractivity contribution in [2.24, 2.45) is 40.4 Å². The van der Waals surface area contributed by atoms with Gasteiger partial charge in [0, 0.05) is 74.8 Å². The summed E-state index contributed by atoms with van der Waals surface area (Å²) in [5.74, 6) is -0.168. The third-order valence-corrected chi connectivity index (χ3v) is 11.1. The van der Waals surface area contributed by atoms with E-state index in [1.54, 1.807) is 21.3 Å². The zero-order valence-corrected chi connectivity index (χ0v) is 19.2. The standard InChI is InChI=1S/C24H39NO6/c1-5-25-10-22(11-29-2)7-6-15(26)24-13-8-12-14(30-3)9-23(28,16(13)18(12)27)17(21(24)25)19(31-4)20(22)24/h12-21,26-28H,5-11H2,1-4H3/t12-,13-,14+,15+,16-,17-,18+,19+,20-,21+,22+,23-,24+/m1/s1. The lowest BCUT2D eigenvalue weighted by molar-refractivity contribution is -0.272. The molecule has 1 saturated heterocycles. The van der Waals surface area contributed by atoms with Crippen molar-refractivity contribution >= 4 is 0 Å². The van der Waals surface area contributed by atoms with Crippen molar-refractivity contribution in [1.29, 1.82) is 0 Å². The minimum atomic E-state index is -1.05. The monoisotopic (exact) mass is 437 g/mol. The van der Waals surface area contributed by atoms with Crippen molar-refractivity contribution in [2.75, 3.05) is 41.0 Å². The van der Waals surface area contributed by atoms with Gasteiger partial charge in [-0.2, -0.15) is 0 Å². The number of aliphatic hydroxyl groups is 3. The molecular formula is C24H39NO6. The Morgan fingerprint density at radius 1 is 1.10 bits per heavy atom. The first-order chi connectivity index (χ1) is 14.9. The molecule has 5 saturated carbocycles. The molecule has 0 amide bonds. The van der Waals surface area contributed by atoms with Crippen LogP contribution in [-0.4, -0.2) is 97.3 Å². The summed E-state index contributed by atoms with van der Waals surface area (Å²) in [5, 5.41) is 35.7. The van der Waals surface area contributed by atoms with Gasteiger partial charge >= 0.3 is 0 Å². The Morgan fingerprint density at radius 2 is 1.87 bits per heavy atom. The molecule has 0 unspecified atom stereocenters. The van der Waals surface area contributed by atoms with Gasteiger partial charge in [0.25, 0.3) is 0 Å². The topological polar surface area (TPSA) is 91.6 Å². The third kappa shape index (κ3) is 2.12. The van der Waals surface area contributed by atoms with Crippen LogP contribution in [0, 0.1) is 40.4 Å². The van der Waals surface area contributed by atoms with Crippen molar-refractivity contribution in [3.05, 3.63) is 0 Å². The van der Waals surface area contributed by atoms with Gasteiger partial charge in [0.05, 0.1) is 36.6 Å². The van der Waals surface area contributed by atoms with Gasteiger partial charge < -0.3 is 29.5 Å². The fourth-order valence-electron chi connectivity index (χ4n) is 10.7. The normalized spacial score (nSPS) is 61.6. The number of hydrogen-bond donors (Lipinski definition) is 3. The molecule has 1 spiro atoms. The molecule has 31 heavy (non-hydrogen) atoms. The maximum absolute atomic E-state index is 12.5. The van der Waals surface area contributed by atoms with E-state index in [9.17, 15) is 15.3 Å². The van der Waals surface area contributed by atoms with Gasteiger partial charge in [-0.3, -0.25) is 4.90 Å². The van der Waals surface area contributed by atoms with Crippen molar-refractivity contribution < 1.29 is 29.5 Å². The van der Waals surface area contributed by atoms with E-state index < -0.39 is 17.8 Å². The van der Waals surface area contributed by atoms with Gasteiger partial charge in [-0.1, -0.05) is 6.92 Å². The average molecular weight is 438 g/mol. The van der Waals surface area contributed by atoms with E-state index in [1.807, 2.05) is 0 Å². The maximum Gasteiger partial charge on any atom is 0.0796 e. The summed E-state index contributed by atoms with van der Waals surface area (Å²) in [6, 6.07) is 0.0561. The number of aliphatic hydroxyl groups excluding tert-OH is 2. The molecule has 7 heteroatoms. The number of likely N-dealkylation sites (tertiary alicyclic amines) is 1. The second kappa shape index (κ2) is 6.65. The van der Waals surface area contributed by atoms with E-state index in [1.165, 1.54) is 0 Å². The predicted molar refractivity (Wildman–Crippen MR) is 112 cm³/mol. The van der Waals surface area contributed by atoms with Crippen LogP contribution in [0.15, 0.2) is 0 Å². The highest BCUT2D eigenvalue weighted by atomic mass is 16.5. The molecule has 0 radical (unpaired) electrons. The zero-order chi connectivity index (χ0) is 21.9. The first-order valence-corrected chi connectivity index (χ1v) is 12.2. The minimum Gasteiger partial charge on any atom is -0.392 e. The van der Waals surface area contributed by atoms with Crippen molar-refractivity contribution in [3.8, 4) is 0 Å². The van der Waals surface area contributed by atoms with Crippen LogP contribution in [0.4, 0.5) is 0 Å². The molecule has 1 heterocycles. The van der Waals surface area contributed by atoms with Gasteiger partial charge in [-0.25, -0.2) is 0 Å². The van der Waals surface area contributed by atoms with Crippen LogP contribution in [0.3, 0.4) is 0 Å². The van der Waals surface area contributed by atoms with Crippen LogP contribution >= 0.6 is 0 Å². The highest BCUT2D eigenvalue weighted by molar-refractivity contribution is 5.35. The molecule has 0 aromatic rings. The Bertz CT molecular complexity index is 752. The van der Waals surface area contributed by atoms with Crippen LogP contribution < -0.4 is 0 Å². The van der Waals surface area contributed by atoms with Crippen molar-refractivity contribution in [2.45, 2.75) is 68.7 Å². The van der Waals surface area contributed by atoms with Crippen LogP contribution in [0.2, 0.25) is 0 Å². The lowest BCUT2D eigenvalue weighted by Gasteiger charge is -2.68. The molecule has 13 atom stereocenters. The quantitative estimate of drug-likeness (QED) is 0.577. The Labute approximate surface area is 185 Å². The number of nitrogens with zero attached hydrogens (tertiary/aromatic N) is 1. The number of rotatable bonds is 5. The molecule has 6 rings (SSSR count). The zero-order valence-electron chi connectivity index (χ0n) is 19.2. The van der Waals surface area contributed by atoms with E-state index >= 15 is 0 Å². The number of piperidine rings is 1. The lowest BCUT2D eigenvalue weighted by Crippen LogP contribution is -2.76. The number of hydrogen-bond acceptors (Lipinski definition) is 7. The summed E-state index contributed by atoms with van der Waals surface area (Å²) in [6.45, 7) is 4.63. The molecule has 5 aliphatic carbocycles. The number of fused-ring (bicyclic) bond motifs is 2. The Morgan fingerprint density at radius 3 is 2.52 bits per heavy atom. The summed E-state index contributed by atoms with van der Waals surface area (Å²) in [7, 11) is 5.24. The van der Waals surface area contributed by atoms with Gasteiger partial charge in [0.15, 0.2) is 0 Å². The summed E-state index contributed by atoms with van der Waals surface area (Å²) >= 11 is 0. The van der Waals surface area contributed by atoms with Crippen molar-refractivity contribution in [1.82, 2.24) is 4.90 Å². The van der Waals surface area contributed by atoms with E-state index in [0.717, 1.165) is 32.4 Å². The molecule has 6 aliphatic rings. The van der Waals surface area contributed by atoms with Crippen LogP contribution in [0.25, 0.3) is 0 Å². The van der Waals surface area contributed by atoms with Gasteiger partial charge in [-0.05, 0) is 31.7 Å². The summed E-state index contributed by atoms with van der Waals surface area (Å²) in [4.78, 5) is 2.52. The molecule has 0 aromatic heterocycles. The second-order valence-corrected chi connectivity index (χ2v) is 11.6. The maximum atomic E-state index is 12.5. The first-order valence-electron chi connectivity index (χ1n) is 12.2. The van der Waals surface area contributed by atoms with E-state index in [2.05, 4.69) is 11.8 Å². The van der Waals surface area contributed by atoms with Crippen LogP contribution in [0.1, 0.15) is 32.6 Å². The molecule has 7 bridgehead atoms. The summed E-state index contributed by atoms with van der Waals surface area (Å²) < 4.78 is 18.0. The molecule has 0 aromatic carbocycles. The summed E-state index contributed by atoms with van der Waals surface area (Å²) in [6.07, 6.45) is 1.65. The fraction of sp³-hybridized carbons (Fsp3) is 1.00. The summed E-state index contributed by atoms with van der Waals surface area (Å²) in [5.41, 5.74) is -1.54. The van der Waals surface area contributed by atoms with Gasteiger partial charge in [-0.15, -0.1) is 0 Å². The number of methoxy groups -OCH3 is 3. The molecular weight excluding hydrogens is 398 g/mol. The van der Waals surface area contributed by atoms with Crippen molar-refractivity contribution in [3.63, 3.8) is 0 Å². The van der Waals surface area contributed by atoms with Crippen LogP contribution in [-0.2, 0) is 14.2 Å². The molecule has 1 aliphatic heterocycles. The van der Waals surface area contributed by atoms with Gasteiger partial charge in [0.1, 0.15) is 0 Å². The highest BCUT2D eigenvalue weighted by Crippen LogP contribution is 2.79. The number of ether oxygens (including phenoxy) is 3. The molecule has 3 N–H and O–H groups in total. The first kappa shape index (κ1) is 21.3. The third-order valence-electron chi connectivity index (χ3n) is 11.1. The largest absolute Gasteiger partial charge is 0.392 e. The Hall–Kier alpha value is -0.280. The average Bonchev–Trinajstić information content (AvgIpc) is 3.16. The SMILES string of the molecule is CCN1C[C@]2(COC)CC[C@H](O)[C@@]34[C@@H]5C[C@H]6[C@H](O)[C@@H]5[C@](O)(C[C@@H]6OC)[C@H]([C@H](OC)[C@H]23)[C@H]14. The Balaban J connectivity index is 1.62. The second-order valence-electron chi connectivity index (χ2n) is 11.6. The minimum absolute atomic E-state index is 0.0248. The molecule has 7 nitrogen and oxygen atoms in total. The predicted octanol–water partition coefficient (Wildman–Crippen LogP) is 0.502. The Kier molecular flexibility index (Phi) is 4.56. The van der Waals surface area contributed by atoms with E-state index in [0.29, 0.717) is 13.0 Å². The smallest absolute Gasteiger partial charge is 0.0796 e. The van der Waals surface area contributed by atoms with E-state index in [-0.39, 0.29) is 58.7 Å². The fourth-order valence-corrected chi connectivity index (χ4v) is 10.7.